The fourth-order valence-corrected chi connectivity index (χ4v) is 2.78. The monoisotopic (exact) mass is 286 g/mol. The quantitative estimate of drug-likeness (QED) is 0.889. The molecule has 1 saturated heterocycles. The van der Waals surface area contributed by atoms with E-state index in [-0.39, 0.29) is 24.4 Å². The van der Waals surface area contributed by atoms with Crippen molar-refractivity contribution in [3.05, 3.63) is 35.9 Å². The Balaban J connectivity index is 0.00000162. The average Bonchev–Trinajstić information content (AvgIpc) is 2.90. The van der Waals surface area contributed by atoms with E-state index in [2.05, 4.69) is 29.7 Å². The molecule has 1 aliphatic rings. The summed E-state index contributed by atoms with van der Waals surface area (Å²) in [5.74, 6) is 2.24. The van der Waals surface area contributed by atoms with Gasteiger partial charge in [0.15, 0.2) is 0 Å². The van der Waals surface area contributed by atoms with Crippen LogP contribution in [0.25, 0.3) is 0 Å². The number of carbonyl (C=O) groups is 1. The fraction of sp³-hybridized carbons (Fsp3) is 0.462. The largest absolute Gasteiger partial charge is 0.354 e. The Morgan fingerprint density at radius 3 is 2.83 bits per heavy atom. The summed E-state index contributed by atoms with van der Waals surface area (Å²) in [5, 5.41) is 6.18. The summed E-state index contributed by atoms with van der Waals surface area (Å²) in [4.78, 5) is 11.8. The molecule has 2 unspecified atom stereocenters. The first-order chi connectivity index (χ1) is 8.27. The first-order valence-corrected chi connectivity index (χ1v) is 7.06. The van der Waals surface area contributed by atoms with Crippen molar-refractivity contribution in [2.45, 2.75) is 18.9 Å². The van der Waals surface area contributed by atoms with E-state index in [0.717, 1.165) is 11.6 Å². The van der Waals surface area contributed by atoms with Crippen molar-refractivity contribution in [3.8, 4) is 0 Å². The Labute approximate surface area is 119 Å². The molecule has 0 bridgehead atoms. The van der Waals surface area contributed by atoms with Crippen LogP contribution in [0.4, 0.5) is 0 Å². The molecule has 100 valence electrons. The molecule has 2 atom stereocenters. The molecule has 0 aromatic heterocycles. The maximum absolute atomic E-state index is 11.8. The summed E-state index contributed by atoms with van der Waals surface area (Å²) in [6.07, 6.45) is 0. The minimum Gasteiger partial charge on any atom is -0.354 e. The van der Waals surface area contributed by atoms with E-state index in [9.17, 15) is 4.79 Å². The van der Waals surface area contributed by atoms with Crippen LogP contribution < -0.4 is 10.6 Å². The first kappa shape index (κ1) is 15.3. The average molecular weight is 287 g/mol. The van der Waals surface area contributed by atoms with E-state index in [4.69, 9.17) is 0 Å². The standard InChI is InChI=1S/C13H18N2OS.ClH/c1-10(11-5-3-2-4-6-11)7-14-13(16)12-8-17-9-15-12;/h2-6,10,12,15H,7-9H2,1H3,(H,14,16);1H. The molecule has 1 fully saturated rings. The zero-order valence-electron chi connectivity index (χ0n) is 10.4. The van der Waals surface area contributed by atoms with E-state index in [1.165, 1.54) is 5.56 Å². The molecule has 1 aromatic carbocycles. The first-order valence-electron chi connectivity index (χ1n) is 5.91. The van der Waals surface area contributed by atoms with Crippen molar-refractivity contribution < 1.29 is 4.79 Å². The van der Waals surface area contributed by atoms with Gasteiger partial charge in [-0.05, 0) is 11.5 Å². The van der Waals surface area contributed by atoms with Crippen LogP contribution in [-0.2, 0) is 4.79 Å². The number of halogens is 1. The van der Waals surface area contributed by atoms with Gasteiger partial charge in [-0.1, -0.05) is 37.3 Å². The Kier molecular flexibility index (Phi) is 6.54. The molecule has 2 N–H and O–H groups in total. The highest BCUT2D eigenvalue weighted by molar-refractivity contribution is 7.99. The zero-order valence-corrected chi connectivity index (χ0v) is 12.0. The minimum atomic E-state index is -0.0111. The van der Waals surface area contributed by atoms with Crippen LogP contribution in [0.1, 0.15) is 18.4 Å². The van der Waals surface area contributed by atoms with Crippen molar-refractivity contribution in [2.24, 2.45) is 0 Å². The predicted octanol–water partition coefficient (Wildman–Crippen LogP) is 1.99. The van der Waals surface area contributed by atoms with Gasteiger partial charge < -0.3 is 5.32 Å². The Morgan fingerprint density at radius 2 is 2.22 bits per heavy atom. The number of amides is 1. The Morgan fingerprint density at radius 1 is 1.50 bits per heavy atom. The minimum absolute atomic E-state index is 0. The summed E-state index contributed by atoms with van der Waals surface area (Å²) in [6, 6.07) is 10.3. The van der Waals surface area contributed by atoms with Gasteiger partial charge in [0.05, 0.1) is 6.04 Å². The van der Waals surface area contributed by atoms with Gasteiger partial charge in [-0.3, -0.25) is 10.1 Å². The number of benzene rings is 1. The molecule has 1 heterocycles. The number of rotatable bonds is 4. The lowest BCUT2D eigenvalue weighted by molar-refractivity contribution is -0.122. The molecular weight excluding hydrogens is 268 g/mol. The third kappa shape index (κ3) is 4.19. The highest BCUT2D eigenvalue weighted by Gasteiger charge is 2.22. The van der Waals surface area contributed by atoms with Gasteiger partial charge in [0.1, 0.15) is 0 Å². The Hall–Kier alpha value is -0.710. The zero-order chi connectivity index (χ0) is 12.1. The summed E-state index contributed by atoms with van der Waals surface area (Å²) in [5.41, 5.74) is 1.27. The summed E-state index contributed by atoms with van der Waals surface area (Å²) in [7, 11) is 0. The number of carbonyl (C=O) groups excluding carboxylic acids is 1. The van der Waals surface area contributed by atoms with Crippen molar-refractivity contribution in [1.29, 1.82) is 0 Å². The second-order valence-corrected chi connectivity index (χ2v) is 5.36. The van der Waals surface area contributed by atoms with Crippen molar-refractivity contribution in [1.82, 2.24) is 10.6 Å². The molecule has 0 radical (unpaired) electrons. The molecular formula is C13H19ClN2OS. The molecule has 1 amide bonds. The molecule has 18 heavy (non-hydrogen) atoms. The van der Waals surface area contributed by atoms with Gasteiger partial charge in [-0.25, -0.2) is 0 Å². The number of nitrogens with one attached hydrogen (secondary N) is 2. The van der Waals surface area contributed by atoms with Crippen LogP contribution in [0, 0.1) is 0 Å². The van der Waals surface area contributed by atoms with Crippen molar-refractivity contribution in [2.75, 3.05) is 18.2 Å². The maximum Gasteiger partial charge on any atom is 0.238 e. The summed E-state index contributed by atoms with van der Waals surface area (Å²) < 4.78 is 0. The van der Waals surface area contributed by atoms with E-state index in [0.29, 0.717) is 12.5 Å². The summed E-state index contributed by atoms with van der Waals surface area (Å²) in [6.45, 7) is 2.83. The molecule has 1 aromatic rings. The molecule has 1 aliphatic heterocycles. The van der Waals surface area contributed by atoms with E-state index >= 15 is 0 Å². The fourth-order valence-electron chi connectivity index (χ4n) is 1.84. The molecule has 0 spiro atoms. The van der Waals surface area contributed by atoms with E-state index < -0.39 is 0 Å². The predicted molar refractivity (Wildman–Crippen MR) is 79.4 cm³/mol. The van der Waals surface area contributed by atoms with Gasteiger partial charge in [0.2, 0.25) is 5.91 Å². The summed E-state index contributed by atoms with van der Waals surface area (Å²) >= 11 is 1.77. The van der Waals surface area contributed by atoms with Crippen LogP contribution in [-0.4, -0.2) is 30.1 Å². The number of hydrogen-bond acceptors (Lipinski definition) is 3. The molecule has 3 nitrogen and oxygen atoms in total. The SMILES string of the molecule is CC(CNC(=O)C1CSCN1)c1ccccc1.Cl. The lowest BCUT2D eigenvalue weighted by Crippen LogP contribution is -2.43. The highest BCUT2D eigenvalue weighted by atomic mass is 35.5. The Bertz CT molecular complexity index is 369. The van der Waals surface area contributed by atoms with Crippen LogP contribution >= 0.6 is 24.2 Å². The smallest absolute Gasteiger partial charge is 0.238 e. The molecule has 0 saturated carbocycles. The third-order valence-electron chi connectivity index (χ3n) is 2.98. The normalized spacial score (nSPS) is 19.9. The van der Waals surface area contributed by atoms with Gasteiger partial charge in [-0.2, -0.15) is 0 Å². The van der Waals surface area contributed by atoms with E-state index in [1.807, 2.05) is 18.2 Å². The highest BCUT2D eigenvalue weighted by Crippen LogP contribution is 2.14. The maximum atomic E-state index is 11.8. The second kappa shape index (κ2) is 7.67. The van der Waals surface area contributed by atoms with Crippen LogP contribution in [0.2, 0.25) is 0 Å². The topological polar surface area (TPSA) is 41.1 Å². The van der Waals surface area contributed by atoms with Gasteiger partial charge >= 0.3 is 0 Å². The number of hydrogen-bond donors (Lipinski definition) is 2. The lowest BCUT2D eigenvalue weighted by Gasteiger charge is -2.15. The number of thioether (sulfide) groups is 1. The van der Waals surface area contributed by atoms with Crippen molar-refractivity contribution >= 4 is 30.1 Å². The molecule has 2 rings (SSSR count). The van der Waals surface area contributed by atoms with Gasteiger partial charge in [0, 0.05) is 18.2 Å². The van der Waals surface area contributed by atoms with Crippen LogP contribution in [0.15, 0.2) is 30.3 Å². The van der Waals surface area contributed by atoms with Crippen LogP contribution in [0.5, 0.6) is 0 Å². The van der Waals surface area contributed by atoms with Crippen molar-refractivity contribution in [3.63, 3.8) is 0 Å². The molecule has 5 heteroatoms. The van der Waals surface area contributed by atoms with Gasteiger partial charge in [-0.15, -0.1) is 24.2 Å². The van der Waals surface area contributed by atoms with E-state index in [1.54, 1.807) is 11.8 Å². The van der Waals surface area contributed by atoms with Crippen LogP contribution in [0.3, 0.4) is 0 Å². The van der Waals surface area contributed by atoms with Gasteiger partial charge in [0.25, 0.3) is 0 Å². The third-order valence-corrected chi connectivity index (χ3v) is 3.92. The molecule has 0 aliphatic carbocycles. The second-order valence-electron chi connectivity index (χ2n) is 4.33. The lowest BCUT2D eigenvalue weighted by atomic mass is 10.0.